The molecule has 2 atom stereocenters. The molecule has 1 saturated heterocycles. The summed E-state index contributed by atoms with van der Waals surface area (Å²) in [6, 6.07) is 7.93. The highest BCUT2D eigenvalue weighted by Gasteiger charge is 2.26. The van der Waals surface area contributed by atoms with Gasteiger partial charge < -0.3 is 18.8 Å². The lowest BCUT2D eigenvalue weighted by Crippen LogP contribution is -2.49. The topological polar surface area (TPSA) is 81.9 Å². The summed E-state index contributed by atoms with van der Waals surface area (Å²) in [5.74, 6) is 0.481. The number of aromatic nitrogens is 1. The summed E-state index contributed by atoms with van der Waals surface area (Å²) in [7, 11) is 0. The van der Waals surface area contributed by atoms with Gasteiger partial charge in [0.1, 0.15) is 0 Å². The van der Waals surface area contributed by atoms with Crippen molar-refractivity contribution in [3.05, 3.63) is 41.9 Å². The third-order valence-electron chi connectivity index (χ3n) is 4.56. The number of hydrogen-bond acceptors (Lipinski definition) is 6. The Hall–Kier alpha value is -2.67. The summed E-state index contributed by atoms with van der Waals surface area (Å²) in [5.41, 5.74) is 2.10. The fraction of sp³-hybridized carbons (Fsp3) is 0.476. The van der Waals surface area contributed by atoms with E-state index in [2.05, 4.69) is 4.98 Å². The van der Waals surface area contributed by atoms with Crippen LogP contribution in [0, 0.1) is 6.92 Å². The van der Waals surface area contributed by atoms with Crippen molar-refractivity contribution in [3.63, 3.8) is 0 Å². The van der Waals surface area contributed by atoms with Gasteiger partial charge in [-0.3, -0.25) is 9.59 Å². The number of oxazole rings is 1. The Bertz CT molecular complexity index is 804. The van der Waals surface area contributed by atoms with E-state index in [9.17, 15) is 9.59 Å². The molecule has 0 unspecified atom stereocenters. The number of nitrogens with zero attached hydrogens (tertiary/aromatic N) is 2. The molecule has 0 spiro atoms. The molecule has 1 amide bonds. The van der Waals surface area contributed by atoms with Gasteiger partial charge in [0.15, 0.2) is 18.3 Å². The molecular formula is C21H26N2O5. The first kappa shape index (κ1) is 20.1. The standard InChI is InChI=1S/C21H26N2O5/c1-14-4-6-17(7-5-14)18-10-22-19(28-18)8-9-21(25)26-13-20(24)23-11-15(2)27-16(3)12-23/h4-7,10,15-16H,8-9,11-13H2,1-3H3/t15-,16-/m1/s1. The quantitative estimate of drug-likeness (QED) is 0.710. The monoisotopic (exact) mass is 386 g/mol. The van der Waals surface area contributed by atoms with E-state index in [1.54, 1.807) is 11.1 Å². The maximum absolute atomic E-state index is 12.2. The minimum atomic E-state index is -0.446. The molecule has 1 aromatic carbocycles. The van der Waals surface area contributed by atoms with Gasteiger partial charge in [-0.1, -0.05) is 29.8 Å². The molecule has 3 rings (SSSR count). The van der Waals surface area contributed by atoms with E-state index in [0.717, 1.165) is 5.56 Å². The van der Waals surface area contributed by atoms with Gasteiger partial charge in [0, 0.05) is 25.1 Å². The van der Waals surface area contributed by atoms with Gasteiger partial charge in [-0.15, -0.1) is 0 Å². The van der Waals surface area contributed by atoms with Gasteiger partial charge in [-0.2, -0.15) is 0 Å². The van der Waals surface area contributed by atoms with Crippen LogP contribution in [0.4, 0.5) is 0 Å². The van der Waals surface area contributed by atoms with Crippen LogP contribution in [-0.2, 0) is 25.5 Å². The second-order valence-electron chi connectivity index (χ2n) is 7.20. The zero-order valence-electron chi connectivity index (χ0n) is 16.5. The lowest BCUT2D eigenvalue weighted by Gasteiger charge is -2.35. The van der Waals surface area contributed by atoms with Crippen LogP contribution in [-0.4, -0.2) is 53.7 Å². The van der Waals surface area contributed by atoms with Gasteiger partial charge in [-0.05, 0) is 20.8 Å². The Balaban J connectivity index is 1.43. The number of hydrogen-bond donors (Lipinski definition) is 0. The van der Waals surface area contributed by atoms with E-state index in [1.807, 2.05) is 45.0 Å². The SMILES string of the molecule is Cc1ccc(-c2cnc(CCC(=O)OCC(=O)N3C[C@@H](C)O[C@H](C)C3)o2)cc1. The van der Waals surface area contributed by atoms with Crippen LogP contribution < -0.4 is 0 Å². The maximum Gasteiger partial charge on any atom is 0.306 e. The summed E-state index contributed by atoms with van der Waals surface area (Å²) < 4.78 is 16.4. The number of carbonyl (C=O) groups excluding carboxylic acids is 2. The third-order valence-corrected chi connectivity index (χ3v) is 4.56. The molecule has 28 heavy (non-hydrogen) atoms. The molecule has 1 aliphatic heterocycles. The number of carbonyl (C=O) groups is 2. The van der Waals surface area contributed by atoms with Gasteiger partial charge in [-0.25, -0.2) is 4.98 Å². The first-order valence-electron chi connectivity index (χ1n) is 9.51. The van der Waals surface area contributed by atoms with Crippen molar-refractivity contribution in [1.29, 1.82) is 0 Å². The molecular weight excluding hydrogens is 360 g/mol. The van der Waals surface area contributed by atoms with Crippen LogP contribution in [0.3, 0.4) is 0 Å². The number of rotatable bonds is 6. The fourth-order valence-electron chi connectivity index (χ4n) is 3.17. The van der Waals surface area contributed by atoms with Crippen molar-refractivity contribution in [3.8, 4) is 11.3 Å². The molecule has 2 aromatic rings. The predicted molar refractivity (Wildman–Crippen MR) is 103 cm³/mol. The number of esters is 1. The smallest absolute Gasteiger partial charge is 0.306 e. The van der Waals surface area contributed by atoms with E-state index < -0.39 is 5.97 Å². The average molecular weight is 386 g/mol. The number of aryl methyl sites for hydroxylation is 2. The van der Waals surface area contributed by atoms with Gasteiger partial charge >= 0.3 is 5.97 Å². The molecule has 0 bridgehead atoms. The number of ether oxygens (including phenoxy) is 2. The summed E-state index contributed by atoms with van der Waals surface area (Å²) in [6.45, 7) is 6.63. The summed E-state index contributed by atoms with van der Waals surface area (Å²) in [4.78, 5) is 30.1. The van der Waals surface area contributed by atoms with Crippen molar-refractivity contribution in [2.24, 2.45) is 0 Å². The Morgan fingerprint density at radius 3 is 2.54 bits per heavy atom. The summed E-state index contributed by atoms with van der Waals surface area (Å²) in [5, 5.41) is 0. The fourth-order valence-corrected chi connectivity index (χ4v) is 3.17. The normalized spacial score (nSPS) is 19.5. The van der Waals surface area contributed by atoms with Crippen LogP contribution in [0.25, 0.3) is 11.3 Å². The highest BCUT2D eigenvalue weighted by molar-refractivity contribution is 5.80. The summed E-state index contributed by atoms with van der Waals surface area (Å²) >= 11 is 0. The van der Waals surface area contributed by atoms with Crippen LogP contribution in [0.2, 0.25) is 0 Å². The molecule has 150 valence electrons. The molecule has 0 aliphatic carbocycles. The minimum absolute atomic E-state index is 0.0175. The van der Waals surface area contributed by atoms with Crippen molar-refractivity contribution in [2.75, 3.05) is 19.7 Å². The van der Waals surface area contributed by atoms with Gasteiger partial charge in [0.05, 0.1) is 24.8 Å². The largest absolute Gasteiger partial charge is 0.456 e. The van der Waals surface area contributed by atoms with Crippen LogP contribution in [0.5, 0.6) is 0 Å². The zero-order chi connectivity index (χ0) is 20.1. The van der Waals surface area contributed by atoms with Gasteiger partial charge in [0.25, 0.3) is 5.91 Å². The Kier molecular flexibility index (Phi) is 6.46. The number of amides is 1. The lowest BCUT2D eigenvalue weighted by molar-refractivity contribution is -0.157. The molecule has 1 aromatic heterocycles. The molecule has 0 saturated carbocycles. The summed E-state index contributed by atoms with van der Waals surface area (Å²) in [6.07, 6.45) is 2.05. The van der Waals surface area contributed by atoms with Gasteiger partial charge in [0.2, 0.25) is 0 Å². The highest BCUT2D eigenvalue weighted by Crippen LogP contribution is 2.21. The first-order valence-corrected chi connectivity index (χ1v) is 9.51. The van der Waals surface area contributed by atoms with Crippen LogP contribution >= 0.6 is 0 Å². The minimum Gasteiger partial charge on any atom is -0.456 e. The number of benzene rings is 1. The van der Waals surface area contributed by atoms with E-state index >= 15 is 0 Å². The van der Waals surface area contributed by atoms with Crippen molar-refractivity contribution >= 4 is 11.9 Å². The van der Waals surface area contributed by atoms with E-state index in [4.69, 9.17) is 13.9 Å². The third kappa shape index (κ3) is 5.42. The second-order valence-corrected chi connectivity index (χ2v) is 7.20. The van der Waals surface area contributed by atoms with Crippen molar-refractivity contribution in [1.82, 2.24) is 9.88 Å². The first-order chi connectivity index (χ1) is 13.4. The van der Waals surface area contributed by atoms with Crippen LogP contribution in [0.1, 0.15) is 31.7 Å². The average Bonchev–Trinajstić information content (AvgIpc) is 3.13. The van der Waals surface area contributed by atoms with E-state index in [-0.39, 0.29) is 31.1 Å². The molecule has 1 aliphatic rings. The second kappa shape index (κ2) is 9.01. The molecule has 7 heteroatoms. The number of morpholine rings is 1. The Labute approximate surface area is 164 Å². The predicted octanol–water partition coefficient (Wildman–Crippen LogP) is 2.76. The van der Waals surface area contributed by atoms with E-state index in [0.29, 0.717) is 31.2 Å². The van der Waals surface area contributed by atoms with Crippen LogP contribution in [0.15, 0.2) is 34.9 Å². The molecule has 2 heterocycles. The zero-order valence-corrected chi connectivity index (χ0v) is 16.5. The van der Waals surface area contributed by atoms with E-state index in [1.165, 1.54) is 5.56 Å². The Morgan fingerprint density at radius 2 is 1.86 bits per heavy atom. The highest BCUT2D eigenvalue weighted by atomic mass is 16.5. The lowest BCUT2D eigenvalue weighted by atomic mass is 10.1. The molecule has 0 N–H and O–H groups in total. The molecule has 0 radical (unpaired) electrons. The molecule has 7 nitrogen and oxygen atoms in total. The van der Waals surface area contributed by atoms with Crippen molar-refractivity contribution in [2.45, 2.75) is 45.8 Å². The Morgan fingerprint density at radius 1 is 1.18 bits per heavy atom. The maximum atomic E-state index is 12.2. The van der Waals surface area contributed by atoms with Crippen molar-refractivity contribution < 1.29 is 23.5 Å². The molecule has 1 fully saturated rings.